The van der Waals surface area contributed by atoms with Gasteiger partial charge in [0.25, 0.3) is 0 Å². The van der Waals surface area contributed by atoms with Crippen LogP contribution in [0.15, 0.2) is 91.0 Å². The summed E-state index contributed by atoms with van der Waals surface area (Å²) in [6.45, 7) is 11.6. The normalized spacial score (nSPS) is 25.6. The van der Waals surface area contributed by atoms with Gasteiger partial charge in [-0.15, -0.1) is 0 Å². The van der Waals surface area contributed by atoms with Crippen LogP contribution in [0.25, 0.3) is 0 Å². The van der Waals surface area contributed by atoms with Gasteiger partial charge in [0.2, 0.25) is 0 Å². The van der Waals surface area contributed by atoms with Crippen molar-refractivity contribution in [2.24, 2.45) is 0 Å². The van der Waals surface area contributed by atoms with Gasteiger partial charge in [0.05, 0.1) is 19.8 Å². The quantitative estimate of drug-likeness (QED) is 0.284. The molecule has 0 aromatic heterocycles. The van der Waals surface area contributed by atoms with Crippen LogP contribution in [0.3, 0.4) is 0 Å². The van der Waals surface area contributed by atoms with Crippen molar-refractivity contribution in [2.45, 2.75) is 95.3 Å². The average Bonchev–Trinajstić information content (AvgIpc) is 2.94. The number of rotatable bonds is 11. The van der Waals surface area contributed by atoms with E-state index >= 15 is 0 Å². The molecule has 1 saturated carbocycles. The molecule has 1 aliphatic carbocycles. The van der Waals surface area contributed by atoms with Crippen LogP contribution in [0, 0.1) is 0 Å². The Labute approximate surface area is 240 Å². The van der Waals surface area contributed by atoms with Crippen LogP contribution >= 0.6 is 0 Å². The minimum Gasteiger partial charge on any atom is -0.408 e. The van der Waals surface area contributed by atoms with Crippen LogP contribution in [-0.4, -0.2) is 55.2 Å². The van der Waals surface area contributed by atoms with Crippen molar-refractivity contribution in [3.8, 4) is 0 Å². The topological polar surface area (TPSA) is 77.4 Å². The summed E-state index contributed by atoms with van der Waals surface area (Å²) in [6, 6.07) is 29.6. The number of hydrogen-bond donors (Lipinski definition) is 2. The number of aliphatic hydroxyl groups is 2. The summed E-state index contributed by atoms with van der Waals surface area (Å²) in [5.41, 5.74) is 2.96. The van der Waals surface area contributed by atoms with Crippen molar-refractivity contribution >= 4 is 8.32 Å². The first-order valence-corrected chi connectivity index (χ1v) is 17.0. The summed E-state index contributed by atoms with van der Waals surface area (Å²) in [4.78, 5) is 0. The predicted molar refractivity (Wildman–Crippen MR) is 159 cm³/mol. The third kappa shape index (κ3) is 7.67. The fourth-order valence-corrected chi connectivity index (χ4v) is 5.99. The van der Waals surface area contributed by atoms with Crippen molar-refractivity contribution in [1.82, 2.24) is 0 Å². The Bertz CT molecular complexity index is 1150. The van der Waals surface area contributed by atoms with Gasteiger partial charge in [-0.2, -0.15) is 0 Å². The van der Waals surface area contributed by atoms with Gasteiger partial charge < -0.3 is 28.8 Å². The molecular formula is C33H44O6Si. The monoisotopic (exact) mass is 564 g/mol. The maximum absolute atomic E-state index is 11.5. The number of hydrogen-bond acceptors (Lipinski definition) is 6. The lowest BCUT2D eigenvalue weighted by molar-refractivity contribution is -0.260. The van der Waals surface area contributed by atoms with E-state index in [1.807, 2.05) is 91.0 Å². The van der Waals surface area contributed by atoms with E-state index < -0.39 is 44.9 Å². The molecule has 3 aromatic rings. The maximum Gasteiger partial charge on any atom is 0.192 e. The summed E-state index contributed by atoms with van der Waals surface area (Å²) in [6.07, 6.45) is -5.45. The van der Waals surface area contributed by atoms with E-state index in [4.69, 9.17) is 18.6 Å². The summed E-state index contributed by atoms with van der Waals surface area (Å²) in [5, 5.41) is 22.9. The third-order valence-electron chi connectivity index (χ3n) is 8.09. The Morgan fingerprint density at radius 1 is 0.550 bits per heavy atom. The molecule has 40 heavy (non-hydrogen) atoms. The predicted octanol–water partition coefficient (Wildman–Crippen LogP) is 5.87. The second-order valence-corrected chi connectivity index (χ2v) is 16.9. The Morgan fingerprint density at radius 2 is 0.875 bits per heavy atom. The minimum absolute atomic E-state index is 0.108. The minimum atomic E-state index is -2.37. The molecule has 0 unspecified atom stereocenters. The van der Waals surface area contributed by atoms with Crippen molar-refractivity contribution in [3.05, 3.63) is 108 Å². The highest BCUT2D eigenvalue weighted by atomic mass is 28.4. The Kier molecular flexibility index (Phi) is 10.3. The van der Waals surface area contributed by atoms with Crippen LogP contribution in [0.4, 0.5) is 0 Å². The molecule has 0 bridgehead atoms. The molecule has 1 fully saturated rings. The van der Waals surface area contributed by atoms with Gasteiger partial charge in [0.15, 0.2) is 8.32 Å². The van der Waals surface area contributed by atoms with E-state index in [0.29, 0.717) is 13.2 Å². The van der Waals surface area contributed by atoms with Crippen molar-refractivity contribution in [3.63, 3.8) is 0 Å². The largest absolute Gasteiger partial charge is 0.408 e. The van der Waals surface area contributed by atoms with E-state index in [2.05, 4.69) is 33.9 Å². The van der Waals surface area contributed by atoms with E-state index in [-0.39, 0.29) is 11.6 Å². The fraction of sp³-hybridized carbons (Fsp3) is 0.455. The molecule has 0 spiro atoms. The maximum atomic E-state index is 11.5. The fourth-order valence-electron chi connectivity index (χ4n) is 4.68. The lowest BCUT2D eigenvalue weighted by Crippen LogP contribution is -2.68. The molecule has 3 aromatic carbocycles. The highest BCUT2D eigenvalue weighted by Gasteiger charge is 2.55. The molecule has 0 heterocycles. The molecule has 4 rings (SSSR count). The second-order valence-electron chi connectivity index (χ2n) is 12.1. The highest BCUT2D eigenvalue weighted by Crippen LogP contribution is 2.41. The van der Waals surface area contributed by atoms with Crippen molar-refractivity contribution < 1.29 is 28.8 Å². The molecule has 0 radical (unpaired) electrons. The van der Waals surface area contributed by atoms with Crippen molar-refractivity contribution in [1.29, 1.82) is 0 Å². The second kappa shape index (κ2) is 13.5. The van der Waals surface area contributed by atoms with Gasteiger partial charge in [0, 0.05) is 0 Å². The van der Waals surface area contributed by atoms with Crippen LogP contribution in [0.2, 0.25) is 18.1 Å². The van der Waals surface area contributed by atoms with Gasteiger partial charge in [-0.05, 0) is 34.8 Å². The van der Waals surface area contributed by atoms with Gasteiger partial charge in [-0.1, -0.05) is 112 Å². The molecule has 6 nitrogen and oxygen atoms in total. The first kappa shape index (κ1) is 30.6. The molecule has 0 aliphatic heterocycles. The van der Waals surface area contributed by atoms with E-state index in [1.165, 1.54) is 0 Å². The lowest BCUT2D eigenvalue weighted by atomic mass is 9.84. The molecule has 216 valence electrons. The van der Waals surface area contributed by atoms with Gasteiger partial charge in [-0.25, -0.2) is 0 Å². The lowest BCUT2D eigenvalue weighted by Gasteiger charge is -2.50. The Morgan fingerprint density at radius 3 is 1.25 bits per heavy atom. The van der Waals surface area contributed by atoms with Crippen LogP contribution in [-0.2, 0) is 38.5 Å². The molecule has 6 atom stereocenters. The smallest absolute Gasteiger partial charge is 0.192 e. The van der Waals surface area contributed by atoms with Crippen LogP contribution < -0.4 is 0 Å². The molecule has 0 saturated heterocycles. The van der Waals surface area contributed by atoms with Gasteiger partial charge >= 0.3 is 0 Å². The highest BCUT2D eigenvalue weighted by molar-refractivity contribution is 6.74. The molecule has 0 amide bonds. The number of benzene rings is 3. The van der Waals surface area contributed by atoms with Crippen LogP contribution in [0.1, 0.15) is 37.5 Å². The van der Waals surface area contributed by atoms with E-state index in [1.54, 1.807) is 0 Å². The average molecular weight is 565 g/mol. The molecule has 7 heteroatoms. The van der Waals surface area contributed by atoms with Gasteiger partial charge in [0.1, 0.15) is 36.6 Å². The third-order valence-corrected chi connectivity index (χ3v) is 12.6. The summed E-state index contributed by atoms with van der Waals surface area (Å²) in [7, 11) is -2.37. The molecular weight excluding hydrogens is 520 g/mol. The summed E-state index contributed by atoms with van der Waals surface area (Å²) >= 11 is 0. The zero-order chi connectivity index (χ0) is 28.8. The van der Waals surface area contributed by atoms with Crippen LogP contribution in [0.5, 0.6) is 0 Å². The first-order valence-electron chi connectivity index (χ1n) is 14.1. The number of aliphatic hydroxyl groups excluding tert-OH is 2. The molecule has 1 aliphatic rings. The summed E-state index contributed by atoms with van der Waals surface area (Å²) in [5.74, 6) is 0. The zero-order valence-electron chi connectivity index (χ0n) is 24.3. The SMILES string of the molecule is CC(C)(C)[Si](C)(C)O[C@@H]1[C@@H](O)[C@@H](O)[C@H](OCc2ccccc2)[C@@H](OCc2ccccc2)[C@@H]1OCc1ccccc1. The Balaban J connectivity index is 1.67. The standard InChI is InChI=1S/C33H44O6Si/c1-33(2,3)40(4,5)39-30-28(35)27(34)29(36-21-24-15-9-6-10-16-24)31(37-22-25-17-11-7-12-18-25)32(30)38-23-26-19-13-8-14-20-26/h6-20,27-32,34-35H,21-23H2,1-5H3/t27-,28+,29+,30-,31-,32-/m1/s1. The van der Waals surface area contributed by atoms with Gasteiger partial charge in [-0.3, -0.25) is 0 Å². The van der Waals surface area contributed by atoms with E-state index in [0.717, 1.165) is 16.7 Å². The molecule has 2 N–H and O–H groups in total. The first-order chi connectivity index (χ1) is 19.1. The summed E-state index contributed by atoms with van der Waals surface area (Å²) < 4.78 is 26.2. The van der Waals surface area contributed by atoms with E-state index in [9.17, 15) is 10.2 Å². The number of ether oxygens (including phenoxy) is 3. The Hall–Kier alpha value is -2.36. The zero-order valence-corrected chi connectivity index (χ0v) is 25.3. The van der Waals surface area contributed by atoms with Crippen molar-refractivity contribution in [2.75, 3.05) is 0 Å².